The van der Waals surface area contributed by atoms with Gasteiger partial charge in [-0.1, -0.05) is 18.2 Å². The minimum Gasteiger partial charge on any atom is -0.378 e. The van der Waals surface area contributed by atoms with Gasteiger partial charge in [-0.3, -0.25) is 4.98 Å². The molecule has 0 atom stereocenters. The molecule has 0 unspecified atom stereocenters. The van der Waals surface area contributed by atoms with Gasteiger partial charge >= 0.3 is 0 Å². The van der Waals surface area contributed by atoms with Crippen molar-refractivity contribution in [2.75, 3.05) is 19.0 Å². The summed E-state index contributed by atoms with van der Waals surface area (Å²) in [7, 11) is 4.11. The lowest BCUT2D eigenvalue weighted by atomic mass is 10.2. The molecule has 0 radical (unpaired) electrons. The molecule has 4 heteroatoms. The Morgan fingerprint density at radius 3 is 2.46 bits per heavy atom. The third-order valence-corrected chi connectivity index (χ3v) is 4.50. The normalized spacial score (nSPS) is 11.1. The van der Waals surface area contributed by atoms with Gasteiger partial charge in [0.2, 0.25) is 5.82 Å². The van der Waals surface area contributed by atoms with Crippen molar-refractivity contribution in [3.8, 4) is 11.5 Å². The quantitative estimate of drug-likeness (QED) is 0.574. The molecule has 4 aromatic rings. The summed E-state index contributed by atoms with van der Waals surface area (Å²) in [5, 5.41) is 1.27. The van der Waals surface area contributed by atoms with E-state index >= 15 is 0 Å². The molecule has 2 heterocycles. The number of nitrogens with one attached hydrogen (secondary N) is 1. The Kier molecular flexibility index (Phi) is 3.38. The van der Waals surface area contributed by atoms with Crippen LogP contribution in [0, 0.1) is 6.92 Å². The monoisotopic (exact) mass is 317 g/mol. The first kappa shape index (κ1) is 14.6. The summed E-state index contributed by atoms with van der Waals surface area (Å²) < 4.78 is 4.26. The van der Waals surface area contributed by atoms with Crippen molar-refractivity contribution in [2.45, 2.75) is 6.92 Å². The van der Waals surface area contributed by atoms with Crippen molar-refractivity contribution in [3.05, 3.63) is 72.8 Å². The average Bonchev–Trinajstić information content (AvgIpc) is 3.20. The fourth-order valence-electron chi connectivity index (χ4n) is 3.09. The van der Waals surface area contributed by atoms with Crippen molar-refractivity contribution in [2.24, 2.45) is 0 Å². The molecule has 0 saturated carbocycles. The highest BCUT2D eigenvalue weighted by molar-refractivity contribution is 5.85. The molecule has 0 saturated heterocycles. The van der Waals surface area contributed by atoms with Gasteiger partial charge in [-0.15, -0.1) is 0 Å². The summed E-state index contributed by atoms with van der Waals surface area (Å²) in [4.78, 5) is 5.62. The van der Waals surface area contributed by atoms with Crippen LogP contribution >= 0.6 is 0 Å². The Balaban J connectivity index is 1.72. The fourth-order valence-corrected chi connectivity index (χ4v) is 3.09. The molecule has 24 heavy (non-hydrogen) atoms. The molecule has 4 rings (SSSR count). The minimum absolute atomic E-state index is 1.11. The van der Waals surface area contributed by atoms with Gasteiger partial charge in [0.25, 0.3) is 0 Å². The molecule has 0 fully saturated rings. The van der Waals surface area contributed by atoms with Crippen LogP contribution in [0.3, 0.4) is 0 Å². The van der Waals surface area contributed by atoms with E-state index in [0.717, 1.165) is 11.5 Å². The Labute approximate surface area is 141 Å². The molecular formula is C20H21N4+. The van der Waals surface area contributed by atoms with Crippen LogP contribution in [0.15, 0.2) is 67.3 Å². The molecule has 1 N–H and O–H groups in total. The van der Waals surface area contributed by atoms with Gasteiger partial charge in [0.15, 0.2) is 6.33 Å². The molecule has 0 amide bonds. The maximum atomic E-state index is 3.51. The molecule has 0 spiro atoms. The van der Waals surface area contributed by atoms with Crippen molar-refractivity contribution < 1.29 is 4.57 Å². The van der Waals surface area contributed by atoms with Crippen LogP contribution in [0.25, 0.3) is 22.4 Å². The molecule has 0 bridgehead atoms. The van der Waals surface area contributed by atoms with Crippen LogP contribution < -0.4 is 9.47 Å². The maximum absolute atomic E-state index is 3.51. The molecule has 2 aromatic carbocycles. The number of benzene rings is 2. The number of aryl methyl sites for hydroxylation is 1. The van der Waals surface area contributed by atoms with E-state index in [1.807, 2.05) is 0 Å². The summed E-state index contributed by atoms with van der Waals surface area (Å²) in [6.45, 7) is 2.16. The number of anilines is 1. The van der Waals surface area contributed by atoms with Gasteiger partial charge in [0, 0.05) is 30.7 Å². The van der Waals surface area contributed by atoms with Gasteiger partial charge < -0.3 is 4.90 Å². The number of fused-ring (bicyclic) bond motifs is 1. The molecule has 2 aromatic heterocycles. The van der Waals surface area contributed by atoms with E-state index in [-0.39, 0.29) is 0 Å². The lowest BCUT2D eigenvalue weighted by Gasteiger charge is -2.11. The van der Waals surface area contributed by atoms with Gasteiger partial charge in [0.1, 0.15) is 17.4 Å². The summed E-state index contributed by atoms with van der Waals surface area (Å²) in [6, 6.07) is 16.9. The van der Waals surface area contributed by atoms with Crippen LogP contribution in [0.5, 0.6) is 0 Å². The SMILES string of the molecule is Cc1c(-[n+]2ccn(-c3ccc(N(C)C)cc3)c2)[nH]c2ccccc12. The Bertz CT molecular complexity index is 990. The number of rotatable bonds is 3. The van der Waals surface area contributed by atoms with Crippen LogP contribution in [0.2, 0.25) is 0 Å². The second-order valence-corrected chi connectivity index (χ2v) is 6.28. The van der Waals surface area contributed by atoms with Gasteiger partial charge in [-0.25, -0.2) is 9.13 Å². The van der Waals surface area contributed by atoms with E-state index in [9.17, 15) is 0 Å². The summed E-state index contributed by atoms with van der Waals surface area (Å²) in [5.41, 5.74) is 4.77. The fraction of sp³-hybridized carbons (Fsp3) is 0.150. The second kappa shape index (κ2) is 5.57. The standard InChI is InChI=1S/C20H21N4/c1-15-18-6-4-5-7-19(18)21-20(15)24-13-12-23(14-24)17-10-8-16(9-11-17)22(2)3/h4-14,21H,1-3H3/q+1. The molecule has 0 aliphatic carbocycles. The van der Waals surface area contributed by atoms with Gasteiger partial charge in [0.05, 0.1) is 6.20 Å². The third-order valence-electron chi connectivity index (χ3n) is 4.50. The smallest absolute Gasteiger partial charge is 0.234 e. The van der Waals surface area contributed by atoms with Crippen LogP contribution in [-0.4, -0.2) is 23.6 Å². The van der Waals surface area contributed by atoms with E-state index in [1.165, 1.54) is 22.2 Å². The summed E-state index contributed by atoms with van der Waals surface area (Å²) >= 11 is 0. The molecular weight excluding hydrogens is 296 g/mol. The lowest BCUT2D eigenvalue weighted by molar-refractivity contribution is -0.598. The number of hydrogen-bond acceptors (Lipinski definition) is 1. The number of para-hydroxylation sites is 1. The molecule has 0 aliphatic rings. The average molecular weight is 317 g/mol. The van der Waals surface area contributed by atoms with Gasteiger partial charge in [-0.2, -0.15) is 0 Å². The predicted molar refractivity (Wildman–Crippen MR) is 98.2 cm³/mol. The summed E-state index contributed by atoms with van der Waals surface area (Å²) in [6.07, 6.45) is 6.26. The lowest BCUT2D eigenvalue weighted by Crippen LogP contribution is -2.29. The number of aromatic nitrogens is 3. The number of aromatic amines is 1. The molecule has 120 valence electrons. The maximum Gasteiger partial charge on any atom is 0.234 e. The third kappa shape index (κ3) is 2.36. The Morgan fingerprint density at radius 2 is 1.75 bits per heavy atom. The van der Waals surface area contributed by atoms with Crippen molar-refractivity contribution in [1.82, 2.24) is 9.55 Å². The first-order chi connectivity index (χ1) is 11.6. The van der Waals surface area contributed by atoms with Crippen LogP contribution in [0.4, 0.5) is 5.69 Å². The summed E-state index contributed by atoms with van der Waals surface area (Å²) in [5.74, 6) is 1.11. The topological polar surface area (TPSA) is 27.8 Å². The second-order valence-electron chi connectivity index (χ2n) is 6.28. The Hall–Kier alpha value is -3.01. The number of imidazole rings is 1. The van der Waals surface area contributed by atoms with E-state index in [4.69, 9.17) is 0 Å². The number of hydrogen-bond donors (Lipinski definition) is 1. The first-order valence-electron chi connectivity index (χ1n) is 8.08. The molecule has 4 nitrogen and oxygen atoms in total. The van der Waals surface area contributed by atoms with Gasteiger partial charge in [-0.05, 0) is 37.3 Å². The van der Waals surface area contributed by atoms with E-state index in [2.05, 4.69) is 107 Å². The zero-order chi connectivity index (χ0) is 16.7. The number of nitrogens with zero attached hydrogens (tertiary/aromatic N) is 3. The molecule has 0 aliphatic heterocycles. The predicted octanol–water partition coefficient (Wildman–Crippen LogP) is 3.61. The number of H-pyrrole nitrogens is 1. The van der Waals surface area contributed by atoms with Crippen molar-refractivity contribution >= 4 is 16.6 Å². The van der Waals surface area contributed by atoms with E-state index in [1.54, 1.807) is 0 Å². The Morgan fingerprint density at radius 1 is 1.00 bits per heavy atom. The highest BCUT2D eigenvalue weighted by Gasteiger charge is 2.15. The highest BCUT2D eigenvalue weighted by atomic mass is 15.2. The van der Waals surface area contributed by atoms with Crippen LogP contribution in [-0.2, 0) is 0 Å². The highest BCUT2D eigenvalue weighted by Crippen LogP contribution is 2.21. The largest absolute Gasteiger partial charge is 0.378 e. The van der Waals surface area contributed by atoms with Crippen molar-refractivity contribution in [3.63, 3.8) is 0 Å². The minimum atomic E-state index is 1.11. The van der Waals surface area contributed by atoms with E-state index in [0.29, 0.717) is 0 Å². The first-order valence-corrected chi connectivity index (χ1v) is 8.08. The van der Waals surface area contributed by atoms with Crippen LogP contribution in [0.1, 0.15) is 5.56 Å². The van der Waals surface area contributed by atoms with Crippen molar-refractivity contribution in [1.29, 1.82) is 0 Å². The van der Waals surface area contributed by atoms with E-state index < -0.39 is 0 Å². The zero-order valence-electron chi connectivity index (χ0n) is 14.2. The zero-order valence-corrected chi connectivity index (χ0v) is 14.2.